The summed E-state index contributed by atoms with van der Waals surface area (Å²) in [5.74, 6) is 2.10. The molecule has 0 spiro atoms. The van der Waals surface area contributed by atoms with Crippen LogP contribution in [0.15, 0.2) is 186 Å². The minimum atomic E-state index is 0.229. The molecule has 1 aliphatic carbocycles. The lowest BCUT2D eigenvalue weighted by molar-refractivity contribution is 0.667. The van der Waals surface area contributed by atoms with Crippen LogP contribution >= 0.6 is 0 Å². The summed E-state index contributed by atoms with van der Waals surface area (Å²) in [7, 11) is 0. The lowest BCUT2D eigenvalue weighted by Crippen LogP contribution is -2.02. The van der Waals surface area contributed by atoms with Crippen LogP contribution in [0.25, 0.3) is 89.1 Å². The van der Waals surface area contributed by atoms with E-state index in [1.807, 2.05) is 18.2 Å². The van der Waals surface area contributed by atoms with E-state index in [0.29, 0.717) is 17.5 Å². The van der Waals surface area contributed by atoms with Gasteiger partial charge in [-0.15, -0.1) is 0 Å². The highest BCUT2D eigenvalue weighted by atomic mass is 16.3. The molecule has 0 aliphatic heterocycles. The van der Waals surface area contributed by atoms with Crippen molar-refractivity contribution in [1.82, 2.24) is 15.0 Å². The van der Waals surface area contributed by atoms with Crippen LogP contribution in [0.1, 0.15) is 17.9 Å². The molecular formula is C49H33N3O. The minimum Gasteiger partial charge on any atom is -0.456 e. The smallest absolute Gasteiger partial charge is 0.164 e. The van der Waals surface area contributed by atoms with Gasteiger partial charge in [0.25, 0.3) is 0 Å². The van der Waals surface area contributed by atoms with Crippen LogP contribution in [-0.4, -0.2) is 15.0 Å². The van der Waals surface area contributed by atoms with E-state index in [9.17, 15) is 0 Å². The molecule has 0 radical (unpaired) electrons. The van der Waals surface area contributed by atoms with Gasteiger partial charge in [-0.25, -0.2) is 15.0 Å². The molecule has 9 aromatic rings. The molecule has 2 heterocycles. The van der Waals surface area contributed by atoms with Crippen molar-refractivity contribution in [2.75, 3.05) is 0 Å². The molecule has 0 saturated heterocycles. The van der Waals surface area contributed by atoms with Gasteiger partial charge in [0.1, 0.15) is 11.2 Å². The maximum atomic E-state index is 6.50. The van der Waals surface area contributed by atoms with Crippen LogP contribution in [-0.2, 0) is 0 Å². The third-order valence-electron chi connectivity index (χ3n) is 10.3. The van der Waals surface area contributed by atoms with E-state index in [2.05, 4.69) is 164 Å². The van der Waals surface area contributed by atoms with Crippen molar-refractivity contribution in [3.05, 3.63) is 188 Å². The summed E-state index contributed by atoms with van der Waals surface area (Å²) in [5.41, 5.74) is 10.3. The molecule has 2 aromatic heterocycles. The van der Waals surface area contributed by atoms with Gasteiger partial charge in [0.2, 0.25) is 0 Å². The zero-order valence-electron chi connectivity index (χ0n) is 28.9. The molecule has 1 unspecified atom stereocenters. The second-order valence-corrected chi connectivity index (χ2v) is 13.6. The molecule has 53 heavy (non-hydrogen) atoms. The van der Waals surface area contributed by atoms with Gasteiger partial charge < -0.3 is 4.42 Å². The lowest BCUT2D eigenvalue weighted by atomic mass is 9.90. The second kappa shape index (κ2) is 13.0. The maximum Gasteiger partial charge on any atom is 0.164 e. The predicted molar refractivity (Wildman–Crippen MR) is 217 cm³/mol. The SMILES string of the molecule is C1=CCC(c2cc(-c3nc(-c4ccc(-c5ccc(-c6ccccc6)cc5)cc4)nc(-c4ccc5ccccc5c4)n3)c3c(c2)oc2ccccc23)C=C1. The normalized spacial score (nSPS) is 14.0. The highest BCUT2D eigenvalue weighted by Gasteiger charge is 2.21. The Kier molecular flexibility index (Phi) is 7.58. The predicted octanol–water partition coefficient (Wildman–Crippen LogP) is 12.9. The average Bonchev–Trinajstić information content (AvgIpc) is 3.62. The number of hydrogen-bond donors (Lipinski definition) is 0. The molecule has 4 nitrogen and oxygen atoms in total. The number of hydrogen-bond acceptors (Lipinski definition) is 4. The Balaban J connectivity index is 1.13. The van der Waals surface area contributed by atoms with Gasteiger partial charge in [0.05, 0.1) is 0 Å². The van der Waals surface area contributed by atoms with Crippen molar-refractivity contribution in [2.24, 2.45) is 0 Å². The van der Waals surface area contributed by atoms with Crippen molar-refractivity contribution < 1.29 is 4.42 Å². The van der Waals surface area contributed by atoms with Crippen molar-refractivity contribution in [3.63, 3.8) is 0 Å². The first-order valence-corrected chi connectivity index (χ1v) is 18.0. The van der Waals surface area contributed by atoms with Crippen molar-refractivity contribution >= 4 is 32.7 Å². The van der Waals surface area contributed by atoms with E-state index in [1.165, 1.54) is 22.1 Å². The molecular weight excluding hydrogens is 647 g/mol. The molecule has 7 aromatic carbocycles. The van der Waals surface area contributed by atoms with E-state index in [0.717, 1.165) is 61.6 Å². The van der Waals surface area contributed by atoms with Crippen LogP contribution in [0, 0.1) is 0 Å². The van der Waals surface area contributed by atoms with E-state index in [4.69, 9.17) is 19.4 Å². The van der Waals surface area contributed by atoms with E-state index >= 15 is 0 Å². The monoisotopic (exact) mass is 679 g/mol. The zero-order valence-corrected chi connectivity index (χ0v) is 28.9. The summed E-state index contributed by atoms with van der Waals surface area (Å²) in [6.45, 7) is 0. The number of allylic oxidation sites excluding steroid dienone is 4. The quantitative estimate of drug-likeness (QED) is 0.175. The first-order valence-electron chi connectivity index (χ1n) is 18.0. The Morgan fingerprint density at radius 3 is 1.79 bits per heavy atom. The fraction of sp³-hybridized carbons (Fsp3) is 0.0408. The Labute approximate surface area is 307 Å². The first kappa shape index (κ1) is 30.9. The van der Waals surface area contributed by atoms with Crippen LogP contribution in [0.4, 0.5) is 0 Å². The summed E-state index contributed by atoms with van der Waals surface area (Å²) in [6.07, 6.45) is 9.62. The first-order chi connectivity index (χ1) is 26.2. The minimum absolute atomic E-state index is 0.229. The van der Waals surface area contributed by atoms with Crippen molar-refractivity contribution in [2.45, 2.75) is 12.3 Å². The molecule has 1 atom stereocenters. The number of furan rings is 1. The molecule has 0 N–H and O–H groups in total. The van der Waals surface area contributed by atoms with Gasteiger partial charge in [-0.05, 0) is 69.3 Å². The fourth-order valence-corrected chi connectivity index (χ4v) is 7.47. The van der Waals surface area contributed by atoms with Crippen molar-refractivity contribution in [3.8, 4) is 56.4 Å². The van der Waals surface area contributed by atoms with Gasteiger partial charge in [-0.2, -0.15) is 0 Å². The van der Waals surface area contributed by atoms with Crippen LogP contribution in [0.2, 0.25) is 0 Å². The number of benzene rings is 7. The standard InChI is InChI=1S/C49H33N3O/c1-3-11-32(12-4-1)35-19-21-36(22-20-35)37-23-26-38(27-24-37)47-50-48(40-28-25-34-15-7-8-16-39(34)29-40)52-49(51-47)43-30-41(33-13-5-2-6-14-33)31-45-46(43)42-17-9-10-18-44(42)53-45/h1-13,15-31,33H,14H2. The van der Waals surface area contributed by atoms with Gasteiger partial charge in [-0.3, -0.25) is 0 Å². The molecule has 250 valence electrons. The Hall–Kier alpha value is -6.91. The van der Waals surface area contributed by atoms with Crippen LogP contribution < -0.4 is 0 Å². The lowest BCUT2D eigenvalue weighted by Gasteiger charge is -2.16. The third kappa shape index (κ3) is 5.81. The van der Waals surface area contributed by atoms with Gasteiger partial charge in [0, 0.05) is 33.4 Å². The van der Waals surface area contributed by atoms with Gasteiger partial charge in [0.15, 0.2) is 17.5 Å². The van der Waals surface area contributed by atoms with E-state index in [-0.39, 0.29) is 5.92 Å². The largest absolute Gasteiger partial charge is 0.456 e. The summed E-state index contributed by atoms with van der Waals surface area (Å²) in [5, 5.41) is 4.36. The van der Waals surface area contributed by atoms with Crippen LogP contribution in [0.5, 0.6) is 0 Å². The fourth-order valence-electron chi connectivity index (χ4n) is 7.47. The molecule has 10 rings (SSSR count). The Morgan fingerprint density at radius 2 is 1.06 bits per heavy atom. The zero-order chi connectivity index (χ0) is 35.1. The molecule has 0 saturated carbocycles. The number of fused-ring (bicyclic) bond motifs is 4. The highest BCUT2D eigenvalue weighted by Crippen LogP contribution is 2.40. The summed E-state index contributed by atoms with van der Waals surface area (Å²) in [4.78, 5) is 15.6. The molecule has 1 aliphatic rings. The second-order valence-electron chi connectivity index (χ2n) is 13.6. The third-order valence-corrected chi connectivity index (χ3v) is 10.3. The Bertz CT molecular complexity index is 2850. The van der Waals surface area contributed by atoms with E-state index in [1.54, 1.807) is 0 Å². The molecule has 0 amide bonds. The number of aromatic nitrogens is 3. The van der Waals surface area contributed by atoms with E-state index < -0.39 is 0 Å². The summed E-state index contributed by atoms with van der Waals surface area (Å²) < 4.78 is 6.50. The number of para-hydroxylation sites is 1. The van der Waals surface area contributed by atoms with Crippen LogP contribution in [0.3, 0.4) is 0 Å². The topological polar surface area (TPSA) is 51.8 Å². The number of rotatable bonds is 6. The molecule has 0 bridgehead atoms. The van der Waals surface area contributed by atoms with Gasteiger partial charge in [-0.1, -0.05) is 158 Å². The summed E-state index contributed by atoms with van der Waals surface area (Å²) in [6, 6.07) is 55.2. The Morgan fingerprint density at radius 1 is 0.453 bits per heavy atom. The maximum absolute atomic E-state index is 6.50. The van der Waals surface area contributed by atoms with Gasteiger partial charge >= 0.3 is 0 Å². The number of nitrogens with zero attached hydrogens (tertiary/aromatic N) is 3. The average molecular weight is 680 g/mol. The molecule has 4 heteroatoms. The van der Waals surface area contributed by atoms with Crippen molar-refractivity contribution in [1.29, 1.82) is 0 Å². The summed E-state index contributed by atoms with van der Waals surface area (Å²) >= 11 is 0. The molecule has 0 fully saturated rings. The highest BCUT2D eigenvalue weighted by molar-refractivity contribution is 6.12.